The number of thioether (sulfide) groups is 1. The number of alkyl halides is 2. The van der Waals surface area contributed by atoms with Crippen LogP contribution in [-0.2, 0) is 0 Å². The van der Waals surface area contributed by atoms with Gasteiger partial charge in [0, 0.05) is 29.4 Å². The molecular formula is C12H14F2N2O2S. The van der Waals surface area contributed by atoms with E-state index in [9.17, 15) is 18.9 Å². The van der Waals surface area contributed by atoms with Crippen molar-refractivity contribution in [1.29, 1.82) is 0 Å². The summed E-state index contributed by atoms with van der Waals surface area (Å²) >= 11 is 1.85. The molecule has 104 valence electrons. The maximum atomic E-state index is 13.0. The number of hydrogen-bond acceptors (Lipinski definition) is 4. The van der Waals surface area contributed by atoms with E-state index in [4.69, 9.17) is 0 Å². The van der Waals surface area contributed by atoms with E-state index in [2.05, 4.69) is 5.32 Å². The Labute approximate surface area is 113 Å². The molecule has 4 nitrogen and oxygen atoms in total. The summed E-state index contributed by atoms with van der Waals surface area (Å²) in [5.41, 5.74) is -0.301. The van der Waals surface area contributed by atoms with Gasteiger partial charge < -0.3 is 5.32 Å². The normalized spacial score (nSPS) is 16.6. The Morgan fingerprint density at radius 1 is 1.37 bits per heavy atom. The number of benzene rings is 1. The van der Waals surface area contributed by atoms with Crippen LogP contribution in [-0.4, -0.2) is 22.5 Å². The number of nitro benzene ring substituents is 1. The Morgan fingerprint density at radius 3 is 2.63 bits per heavy atom. The second kappa shape index (κ2) is 6.18. The van der Waals surface area contributed by atoms with Gasteiger partial charge in [-0.1, -0.05) is 0 Å². The first-order valence-electron chi connectivity index (χ1n) is 5.98. The van der Waals surface area contributed by atoms with Gasteiger partial charge in [0.2, 0.25) is 0 Å². The SMILES string of the molecule is O=[N+]([O-])c1ccc(NC2CCSCC2)c(C(F)F)c1. The molecule has 19 heavy (non-hydrogen) atoms. The molecule has 1 heterocycles. The number of rotatable bonds is 4. The Kier molecular flexibility index (Phi) is 4.57. The highest BCUT2D eigenvalue weighted by atomic mass is 32.2. The van der Waals surface area contributed by atoms with Crippen LogP contribution in [0.25, 0.3) is 0 Å². The largest absolute Gasteiger partial charge is 0.382 e. The molecule has 1 fully saturated rings. The van der Waals surface area contributed by atoms with Gasteiger partial charge in [0.25, 0.3) is 12.1 Å². The second-order valence-corrected chi connectivity index (χ2v) is 5.59. The third-order valence-corrected chi connectivity index (χ3v) is 4.11. The van der Waals surface area contributed by atoms with Crippen LogP contribution in [0, 0.1) is 10.1 Å². The summed E-state index contributed by atoms with van der Waals surface area (Å²) in [7, 11) is 0. The molecule has 0 aromatic heterocycles. The van der Waals surface area contributed by atoms with E-state index < -0.39 is 11.3 Å². The highest BCUT2D eigenvalue weighted by molar-refractivity contribution is 7.99. The second-order valence-electron chi connectivity index (χ2n) is 4.36. The van der Waals surface area contributed by atoms with E-state index in [0.717, 1.165) is 30.4 Å². The molecular weight excluding hydrogens is 274 g/mol. The quantitative estimate of drug-likeness (QED) is 0.675. The molecule has 1 aliphatic heterocycles. The summed E-state index contributed by atoms with van der Waals surface area (Å²) in [4.78, 5) is 9.95. The molecule has 0 bridgehead atoms. The van der Waals surface area contributed by atoms with Crippen molar-refractivity contribution in [2.24, 2.45) is 0 Å². The van der Waals surface area contributed by atoms with Crippen LogP contribution in [0.1, 0.15) is 24.8 Å². The van der Waals surface area contributed by atoms with E-state index in [-0.39, 0.29) is 17.3 Å². The van der Waals surface area contributed by atoms with Crippen molar-refractivity contribution in [3.8, 4) is 0 Å². The summed E-state index contributed by atoms with van der Waals surface area (Å²) in [6.07, 6.45) is -0.880. The number of anilines is 1. The summed E-state index contributed by atoms with van der Waals surface area (Å²) in [6, 6.07) is 3.75. The third-order valence-electron chi connectivity index (χ3n) is 3.06. The van der Waals surface area contributed by atoms with E-state index in [1.165, 1.54) is 12.1 Å². The average molecular weight is 288 g/mol. The number of nitrogens with one attached hydrogen (secondary N) is 1. The third kappa shape index (κ3) is 3.56. The average Bonchev–Trinajstić information content (AvgIpc) is 2.39. The molecule has 1 N–H and O–H groups in total. The van der Waals surface area contributed by atoms with Crippen LogP contribution in [0.2, 0.25) is 0 Å². The molecule has 0 spiro atoms. The minimum absolute atomic E-state index is 0.167. The van der Waals surface area contributed by atoms with Crippen molar-refractivity contribution < 1.29 is 13.7 Å². The van der Waals surface area contributed by atoms with Crippen molar-refractivity contribution in [1.82, 2.24) is 0 Å². The first kappa shape index (κ1) is 14.0. The predicted octanol–water partition coefficient (Wildman–Crippen LogP) is 3.84. The number of halogens is 2. The molecule has 1 aromatic rings. The van der Waals surface area contributed by atoms with Gasteiger partial charge in [-0.3, -0.25) is 10.1 Å². The van der Waals surface area contributed by atoms with E-state index in [0.29, 0.717) is 5.69 Å². The van der Waals surface area contributed by atoms with Crippen molar-refractivity contribution in [2.45, 2.75) is 25.3 Å². The van der Waals surface area contributed by atoms with Crippen molar-refractivity contribution in [3.63, 3.8) is 0 Å². The molecule has 7 heteroatoms. The molecule has 0 amide bonds. The Balaban J connectivity index is 2.20. The van der Waals surface area contributed by atoms with Crippen LogP contribution >= 0.6 is 11.8 Å². The zero-order valence-corrected chi connectivity index (χ0v) is 11.0. The smallest absolute Gasteiger partial charge is 0.270 e. The van der Waals surface area contributed by atoms with Gasteiger partial charge >= 0.3 is 0 Å². The summed E-state index contributed by atoms with van der Waals surface area (Å²) in [5, 5.41) is 13.7. The van der Waals surface area contributed by atoms with Crippen molar-refractivity contribution in [3.05, 3.63) is 33.9 Å². The van der Waals surface area contributed by atoms with Gasteiger partial charge in [0.05, 0.1) is 4.92 Å². The summed E-state index contributed by atoms with van der Waals surface area (Å²) < 4.78 is 25.9. The number of hydrogen-bond donors (Lipinski definition) is 1. The van der Waals surface area contributed by atoms with E-state index in [1.54, 1.807) is 0 Å². The molecule has 0 aliphatic carbocycles. The summed E-state index contributed by atoms with van der Waals surface area (Å²) in [5.74, 6) is 2.02. The standard InChI is InChI=1S/C12H14F2N2O2S/c13-12(14)10-7-9(16(17)18)1-2-11(10)15-8-3-5-19-6-4-8/h1-2,7-8,12,15H,3-6H2. The van der Waals surface area contributed by atoms with Crippen molar-refractivity contribution >= 4 is 23.1 Å². The van der Waals surface area contributed by atoms with Crippen LogP contribution < -0.4 is 5.32 Å². The summed E-state index contributed by atoms with van der Waals surface area (Å²) in [6.45, 7) is 0. The van der Waals surface area contributed by atoms with Gasteiger partial charge in [0.15, 0.2) is 0 Å². The number of nitro groups is 1. The fourth-order valence-corrected chi connectivity index (χ4v) is 3.14. The lowest BCUT2D eigenvalue weighted by atomic mass is 10.1. The van der Waals surface area contributed by atoms with E-state index in [1.807, 2.05) is 11.8 Å². The van der Waals surface area contributed by atoms with Crippen LogP contribution in [0.3, 0.4) is 0 Å². The molecule has 0 radical (unpaired) electrons. The Bertz CT molecular complexity index is 465. The van der Waals surface area contributed by atoms with Gasteiger partial charge in [0.1, 0.15) is 0 Å². The van der Waals surface area contributed by atoms with Crippen LogP contribution in [0.15, 0.2) is 18.2 Å². The molecule has 0 unspecified atom stereocenters. The zero-order chi connectivity index (χ0) is 13.8. The molecule has 0 saturated carbocycles. The lowest BCUT2D eigenvalue weighted by Gasteiger charge is -2.24. The lowest BCUT2D eigenvalue weighted by molar-refractivity contribution is -0.385. The monoisotopic (exact) mass is 288 g/mol. The fraction of sp³-hybridized carbons (Fsp3) is 0.500. The Morgan fingerprint density at radius 2 is 2.05 bits per heavy atom. The zero-order valence-electron chi connectivity index (χ0n) is 10.1. The maximum Gasteiger partial charge on any atom is 0.270 e. The first-order chi connectivity index (χ1) is 9.08. The Hall–Kier alpha value is -1.37. The van der Waals surface area contributed by atoms with Crippen LogP contribution in [0.5, 0.6) is 0 Å². The minimum Gasteiger partial charge on any atom is -0.382 e. The minimum atomic E-state index is -2.72. The molecule has 1 aromatic carbocycles. The highest BCUT2D eigenvalue weighted by Gasteiger charge is 2.20. The molecule has 1 aliphatic rings. The van der Waals surface area contributed by atoms with E-state index >= 15 is 0 Å². The number of non-ortho nitro benzene ring substituents is 1. The maximum absolute atomic E-state index is 13.0. The van der Waals surface area contributed by atoms with Gasteiger partial charge in [-0.2, -0.15) is 11.8 Å². The predicted molar refractivity (Wildman–Crippen MR) is 72.0 cm³/mol. The van der Waals surface area contributed by atoms with Crippen molar-refractivity contribution in [2.75, 3.05) is 16.8 Å². The molecule has 1 saturated heterocycles. The molecule has 2 rings (SSSR count). The van der Waals surface area contributed by atoms with Gasteiger partial charge in [-0.15, -0.1) is 0 Å². The van der Waals surface area contributed by atoms with Gasteiger partial charge in [-0.25, -0.2) is 8.78 Å². The lowest BCUT2D eigenvalue weighted by Crippen LogP contribution is -2.25. The molecule has 0 atom stereocenters. The van der Waals surface area contributed by atoms with Crippen LogP contribution in [0.4, 0.5) is 20.2 Å². The fourth-order valence-electron chi connectivity index (χ4n) is 2.04. The first-order valence-corrected chi connectivity index (χ1v) is 7.14. The topological polar surface area (TPSA) is 55.2 Å². The highest BCUT2D eigenvalue weighted by Crippen LogP contribution is 2.32. The number of nitrogens with zero attached hydrogens (tertiary/aromatic N) is 1. The van der Waals surface area contributed by atoms with Gasteiger partial charge in [-0.05, 0) is 30.4 Å².